The number of aryl methyl sites for hydroxylation is 3. The Bertz CT molecular complexity index is 912. The molecule has 0 fully saturated rings. The maximum Gasteiger partial charge on any atom is 0.338 e. The van der Waals surface area contributed by atoms with Gasteiger partial charge in [0, 0.05) is 6.07 Å². The first-order chi connectivity index (χ1) is 12.4. The van der Waals surface area contributed by atoms with Gasteiger partial charge in [0.1, 0.15) is 29.6 Å². The third-order valence-electron chi connectivity index (χ3n) is 3.62. The Morgan fingerprint density at radius 3 is 2.62 bits per heavy atom. The van der Waals surface area contributed by atoms with Crippen LogP contribution in [0.15, 0.2) is 37.7 Å². The predicted octanol–water partition coefficient (Wildman–Crippen LogP) is 4.29. The molecule has 0 N–H and O–H groups in total. The lowest BCUT2D eigenvalue weighted by Crippen LogP contribution is -2.06. The highest BCUT2D eigenvalue weighted by molar-refractivity contribution is 9.10. The van der Waals surface area contributed by atoms with Crippen molar-refractivity contribution in [3.05, 3.63) is 63.1 Å². The lowest BCUT2D eigenvalue weighted by atomic mass is 10.2. The second-order valence-electron chi connectivity index (χ2n) is 5.69. The Kier molecular flexibility index (Phi) is 5.41. The molecule has 0 unspecified atom stereocenters. The molecule has 0 spiro atoms. The number of hydrogen-bond acceptors (Lipinski definition) is 7. The molecule has 0 saturated carbocycles. The lowest BCUT2D eigenvalue weighted by Gasteiger charge is -2.08. The number of esters is 1. The van der Waals surface area contributed by atoms with Crippen molar-refractivity contribution in [2.45, 2.75) is 34.0 Å². The number of halogens is 1. The first-order valence-corrected chi connectivity index (χ1v) is 8.66. The van der Waals surface area contributed by atoms with Gasteiger partial charge in [0.05, 0.1) is 15.7 Å². The van der Waals surface area contributed by atoms with Crippen LogP contribution >= 0.6 is 15.9 Å². The minimum atomic E-state index is -0.474. The van der Waals surface area contributed by atoms with E-state index in [1.54, 1.807) is 24.3 Å². The number of carbonyl (C=O) groups is 1. The topological polar surface area (TPSA) is 87.6 Å². The highest BCUT2D eigenvalue weighted by atomic mass is 79.9. The molecule has 7 nitrogen and oxygen atoms in total. The Labute approximate surface area is 158 Å². The van der Waals surface area contributed by atoms with Crippen molar-refractivity contribution in [1.82, 2.24) is 10.1 Å². The van der Waals surface area contributed by atoms with Gasteiger partial charge in [-0.25, -0.2) is 9.78 Å². The van der Waals surface area contributed by atoms with Crippen LogP contribution in [0, 0.1) is 20.8 Å². The molecule has 0 atom stereocenters. The van der Waals surface area contributed by atoms with Crippen molar-refractivity contribution in [3.63, 3.8) is 0 Å². The van der Waals surface area contributed by atoms with E-state index in [2.05, 4.69) is 26.1 Å². The molecule has 3 aromatic rings. The largest absolute Gasteiger partial charge is 0.486 e. The zero-order chi connectivity index (χ0) is 18.7. The summed E-state index contributed by atoms with van der Waals surface area (Å²) in [5.74, 6) is 1.91. The van der Waals surface area contributed by atoms with E-state index in [1.807, 2.05) is 20.8 Å². The van der Waals surface area contributed by atoms with Crippen molar-refractivity contribution in [2.75, 3.05) is 0 Å². The van der Waals surface area contributed by atoms with Crippen LogP contribution in [0.5, 0.6) is 5.75 Å². The molecular formula is C18H17BrN2O5. The summed E-state index contributed by atoms with van der Waals surface area (Å²) in [4.78, 5) is 16.4. The fraction of sp³-hybridized carbons (Fsp3) is 0.278. The molecule has 0 aliphatic rings. The summed E-state index contributed by atoms with van der Waals surface area (Å²) >= 11 is 3.40. The number of ether oxygens (including phenoxy) is 2. The fourth-order valence-corrected chi connectivity index (χ4v) is 2.69. The maximum atomic E-state index is 12.2. The SMILES string of the molecule is Cc1cc(COc2ccc(C(=O)OCc3nc(C)c(C)o3)cc2Br)no1. The van der Waals surface area contributed by atoms with Gasteiger partial charge >= 0.3 is 5.97 Å². The summed E-state index contributed by atoms with van der Waals surface area (Å²) < 4.78 is 21.9. The first-order valence-electron chi connectivity index (χ1n) is 7.87. The van der Waals surface area contributed by atoms with Crippen molar-refractivity contribution < 1.29 is 23.2 Å². The number of aromatic nitrogens is 2. The third kappa shape index (κ3) is 4.32. The molecule has 136 valence electrons. The van der Waals surface area contributed by atoms with E-state index >= 15 is 0 Å². The molecule has 0 aliphatic carbocycles. The van der Waals surface area contributed by atoms with Crippen LogP contribution in [0.1, 0.15) is 39.2 Å². The maximum absolute atomic E-state index is 12.2. The van der Waals surface area contributed by atoms with Gasteiger partial charge in [-0.1, -0.05) is 5.16 Å². The Balaban J connectivity index is 1.59. The van der Waals surface area contributed by atoms with Crippen LogP contribution in [0.3, 0.4) is 0 Å². The van der Waals surface area contributed by atoms with Gasteiger partial charge in [-0.2, -0.15) is 0 Å². The molecule has 26 heavy (non-hydrogen) atoms. The Morgan fingerprint density at radius 1 is 1.19 bits per heavy atom. The standard InChI is InChI=1S/C18H17BrN2O5/c1-10-6-14(21-26-10)8-23-16-5-4-13(7-15(16)19)18(22)24-9-17-20-11(2)12(3)25-17/h4-7H,8-9H2,1-3H3. The van der Waals surface area contributed by atoms with Crippen LogP contribution in [0.25, 0.3) is 0 Å². The summed E-state index contributed by atoms with van der Waals surface area (Å²) in [6.45, 7) is 5.70. The number of carbonyl (C=O) groups excluding carboxylic acids is 1. The number of rotatable bonds is 6. The van der Waals surface area contributed by atoms with Gasteiger partial charge in [-0.3, -0.25) is 0 Å². The minimum Gasteiger partial charge on any atom is -0.486 e. The van der Waals surface area contributed by atoms with Crippen LogP contribution in [-0.2, 0) is 18.0 Å². The summed E-state index contributed by atoms with van der Waals surface area (Å²) in [7, 11) is 0. The van der Waals surface area contributed by atoms with E-state index in [-0.39, 0.29) is 13.2 Å². The average molecular weight is 421 g/mol. The number of hydrogen-bond donors (Lipinski definition) is 0. The monoisotopic (exact) mass is 420 g/mol. The van der Waals surface area contributed by atoms with Gasteiger partial charge in [-0.05, 0) is 54.9 Å². The summed E-state index contributed by atoms with van der Waals surface area (Å²) in [5.41, 5.74) is 1.86. The summed E-state index contributed by atoms with van der Waals surface area (Å²) in [6, 6.07) is 6.75. The molecule has 2 heterocycles. The van der Waals surface area contributed by atoms with E-state index in [1.165, 1.54) is 0 Å². The molecule has 8 heteroatoms. The zero-order valence-electron chi connectivity index (χ0n) is 14.5. The molecule has 0 amide bonds. The van der Waals surface area contributed by atoms with E-state index in [0.29, 0.717) is 33.1 Å². The molecule has 0 saturated heterocycles. The second-order valence-corrected chi connectivity index (χ2v) is 6.54. The lowest BCUT2D eigenvalue weighted by molar-refractivity contribution is 0.0437. The van der Waals surface area contributed by atoms with Crippen LogP contribution in [-0.4, -0.2) is 16.1 Å². The molecule has 1 aromatic carbocycles. The van der Waals surface area contributed by atoms with Crippen molar-refractivity contribution >= 4 is 21.9 Å². The molecule has 0 bridgehead atoms. The normalized spacial score (nSPS) is 10.8. The third-order valence-corrected chi connectivity index (χ3v) is 4.24. The predicted molar refractivity (Wildman–Crippen MR) is 94.8 cm³/mol. The van der Waals surface area contributed by atoms with Crippen LogP contribution < -0.4 is 4.74 Å². The number of benzene rings is 1. The number of nitrogens with zero attached hydrogens (tertiary/aromatic N) is 2. The van der Waals surface area contributed by atoms with E-state index in [4.69, 9.17) is 18.4 Å². The smallest absolute Gasteiger partial charge is 0.338 e. The summed E-state index contributed by atoms with van der Waals surface area (Å²) in [5, 5.41) is 3.86. The Hall–Kier alpha value is -2.61. The van der Waals surface area contributed by atoms with Crippen molar-refractivity contribution in [1.29, 1.82) is 0 Å². The molecular weight excluding hydrogens is 404 g/mol. The van der Waals surface area contributed by atoms with Gasteiger partial charge in [-0.15, -0.1) is 0 Å². The molecule has 2 aromatic heterocycles. The van der Waals surface area contributed by atoms with Crippen LogP contribution in [0.2, 0.25) is 0 Å². The molecule has 0 aliphatic heterocycles. The van der Waals surface area contributed by atoms with Crippen molar-refractivity contribution in [2.24, 2.45) is 0 Å². The van der Waals surface area contributed by atoms with E-state index < -0.39 is 5.97 Å². The quantitative estimate of drug-likeness (QED) is 0.549. The second kappa shape index (κ2) is 7.74. The molecule has 3 rings (SSSR count). The van der Waals surface area contributed by atoms with Crippen molar-refractivity contribution in [3.8, 4) is 5.75 Å². The first kappa shape index (κ1) is 18.2. The van der Waals surface area contributed by atoms with Gasteiger partial charge in [0.25, 0.3) is 0 Å². The fourth-order valence-electron chi connectivity index (χ4n) is 2.19. The molecule has 0 radical (unpaired) electrons. The minimum absolute atomic E-state index is 0.0190. The van der Waals surface area contributed by atoms with Crippen LogP contribution in [0.4, 0.5) is 0 Å². The highest BCUT2D eigenvalue weighted by Gasteiger charge is 2.13. The van der Waals surface area contributed by atoms with Gasteiger partial charge in [0.15, 0.2) is 6.61 Å². The zero-order valence-corrected chi connectivity index (χ0v) is 16.1. The average Bonchev–Trinajstić information content (AvgIpc) is 3.16. The van der Waals surface area contributed by atoms with Gasteiger partial charge in [0.2, 0.25) is 5.89 Å². The number of oxazole rings is 1. The van der Waals surface area contributed by atoms with Gasteiger partial charge < -0.3 is 18.4 Å². The highest BCUT2D eigenvalue weighted by Crippen LogP contribution is 2.27. The van der Waals surface area contributed by atoms with E-state index in [9.17, 15) is 4.79 Å². The Morgan fingerprint density at radius 2 is 2.00 bits per heavy atom. The van der Waals surface area contributed by atoms with E-state index in [0.717, 1.165) is 11.5 Å². The summed E-state index contributed by atoms with van der Waals surface area (Å²) in [6.07, 6.45) is 0.